The molecule has 0 radical (unpaired) electrons. The topological polar surface area (TPSA) is 95.4 Å². The summed E-state index contributed by atoms with van der Waals surface area (Å²) in [6, 6.07) is 6.52. The van der Waals surface area contributed by atoms with Crippen molar-refractivity contribution in [3.05, 3.63) is 53.5 Å². The van der Waals surface area contributed by atoms with Crippen LogP contribution >= 0.6 is 0 Å². The van der Waals surface area contributed by atoms with E-state index < -0.39 is 39.5 Å². The molecule has 3 aromatic rings. The molecule has 0 aliphatic rings. The van der Waals surface area contributed by atoms with Gasteiger partial charge in [0.25, 0.3) is 0 Å². The first kappa shape index (κ1) is 21.7. The van der Waals surface area contributed by atoms with Gasteiger partial charge in [0.15, 0.2) is 12.4 Å². The number of aryl methyl sites for hydroxylation is 1. The molecule has 0 amide bonds. The van der Waals surface area contributed by atoms with Crippen LogP contribution in [0.4, 0.5) is 22.0 Å². The van der Waals surface area contributed by atoms with Crippen LogP contribution in [0.25, 0.3) is 22.4 Å². The zero-order valence-corrected chi connectivity index (χ0v) is 15.9. The number of benzene rings is 2. The number of aromatic nitrogens is 1. The summed E-state index contributed by atoms with van der Waals surface area (Å²) in [6.45, 7) is 0.246. The highest BCUT2D eigenvalue weighted by Gasteiger charge is 2.32. The third-order valence-corrected chi connectivity index (χ3v) is 5.03. The second-order valence-electron chi connectivity index (χ2n) is 6.18. The molecule has 160 valence electrons. The molecule has 6 nitrogen and oxygen atoms in total. The largest absolute Gasteiger partial charge is 0.573 e. The standard InChI is InChI=1S/C18H13F5N2O4S/c1-9-6-11(2-4-13(9)28-18(21,22)23)17-16(14(8-19)29-25-17)10-3-5-15(12(20)7-10)30(24,26)27/h2-7H,8H2,1H3,(H2,24,26,27). The summed E-state index contributed by atoms with van der Waals surface area (Å²) < 4.78 is 96.6. The number of ether oxygens (including phenoxy) is 1. The molecule has 0 unspecified atom stereocenters. The first-order chi connectivity index (χ1) is 13.9. The summed E-state index contributed by atoms with van der Waals surface area (Å²) in [5.41, 5.74) is 0.429. The lowest BCUT2D eigenvalue weighted by Crippen LogP contribution is -2.17. The maximum atomic E-state index is 14.3. The van der Waals surface area contributed by atoms with E-state index in [1.807, 2.05) is 0 Å². The molecule has 1 aromatic heterocycles. The Morgan fingerprint density at radius 2 is 1.80 bits per heavy atom. The highest BCUT2D eigenvalue weighted by molar-refractivity contribution is 7.89. The van der Waals surface area contributed by atoms with E-state index in [1.54, 1.807) is 0 Å². The highest BCUT2D eigenvalue weighted by atomic mass is 32.2. The Bertz CT molecular complexity index is 1210. The molecule has 0 fully saturated rings. The summed E-state index contributed by atoms with van der Waals surface area (Å²) in [7, 11) is -4.32. The monoisotopic (exact) mass is 448 g/mol. The molecule has 30 heavy (non-hydrogen) atoms. The number of alkyl halides is 4. The van der Waals surface area contributed by atoms with Gasteiger partial charge in [0, 0.05) is 5.56 Å². The molecule has 0 aliphatic heterocycles. The Morgan fingerprint density at radius 1 is 1.13 bits per heavy atom. The van der Waals surface area contributed by atoms with Crippen molar-refractivity contribution >= 4 is 10.0 Å². The molecule has 0 saturated heterocycles. The van der Waals surface area contributed by atoms with Gasteiger partial charge < -0.3 is 9.26 Å². The minimum absolute atomic E-state index is 0.0151. The van der Waals surface area contributed by atoms with Crippen molar-refractivity contribution in [3.63, 3.8) is 0 Å². The van der Waals surface area contributed by atoms with E-state index in [0.29, 0.717) is 0 Å². The van der Waals surface area contributed by atoms with E-state index in [9.17, 15) is 30.4 Å². The highest BCUT2D eigenvalue weighted by Crippen LogP contribution is 2.38. The Labute approximate surface area is 167 Å². The van der Waals surface area contributed by atoms with Crippen LogP contribution in [0.1, 0.15) is 11.3 Å². The predicted molar refractivity (Wildman–Crippen MR) is 94.9 cm³/mol. The van der Waals surface area contributed by atoms with Gasteiger partial charge in [-0.3, -0.25) is 0 Å². The third kappa shape index (κ3) is 4.44. The van der Waals surface area contributed by atoms with Crippen LogP contribution < -0.4 is 9.88 Å². The van der Waals surface area contributed by atoms with E-state index in [-0.39, 0.29) is 33.7 Å². The summed E-state index contributed by atoms with van der Waals surface area (Å²) in [4.78, 5) is -0.754. The molecular formula is C18H13F5N2O4S. The van der Waals surface area contributed by atoms with Crippen molar-refractivity contribution in [1.29, 1.82) is 0 Å². The fraction of sp³-hybridized carbons (Fsp3) is 0.167. The molecule has 0 bridgehead atoms. The van der Waals surface area contributed by atoms with Crippen LogP contribution in [0.5, 0.6) is 5.75 Å². The molecule has 0 spiro atoms. The van der Waals surface area contributed by atoms with Gasteiger partial charge >= 0.3 is 6.36 Å². The van der Waals surface area contributed by atoms with E-state index in [0.717, 1.165) is 18.2 Å². The average molecular weight is 448 g/mol. The van der Waals surface area contributed by atoms with E-state index >= 15 is 0 Å². The molecule has 0 atom stereocenters. The van der Waals surface area contributed by atoms with Crippen molar-refractivity contribution in [1.82, 2.24) is 5.16 Å². The van der Waals surface area contributed by atoms with E-state index in [1.165, 1.54) is 25.1 Å². The van der Waals surface area contributed by atoms with Crippen LogP contribution in [-0.4, -0.2) is 19.9 Å². The van der Waals surface area contributed by atoms with E-state index in [4.69, 9.17) is 9.66 Å². The van der Waals surface area contributed by atoms with Crippen molar-refractivity contribution in [2.24, 2.45) is 5.14 Å². The Kier molecular flexibility index (Phi) is 5.56. The van der Waals surface area contributed by atoms with Gasteiger partial charge in [0.1, 0.15) is 22.2 Å². The second kappa shape index (κ2) is 7.69. The first-order valence-electron chi connectivity index (χ1n) is 8.14. The van der Waals surface area contributed by atoms with Crippen LogP contribution in [0.15, 0.2) is 45.8 Å². The maximum absolute atomic E-state index is 14.3. The number of halogens is 5. The fourth-order valence-electron chi connectivity index (χ4n) is 2.83. The third-order valence-electron chi connectivity index (χ3n) is 4.09. The number of rotatable bonds is 5. The Morgan fingerprint density at radius 3 is 2.33 bits per heavy atom. The SMILES string of the molecule is Cc1cc(-c2noc(CF)c2-c2ccc(S(N)(=O)=O)c(F)c2)ccc1OC(F)(F)F. The molecule has 1 heterocycles. The van der Waals surface area contributed by atoms with Crippen LogP contribution in [-0.2, 0) is 16.7 Å². The molecule has 2 N–H and O–H groups in total. The van der Waals surface area contributed by atoms with Gasteiger partial charge in [0.2, 0.25) is 10.0 Å². The van der Waals surface area contributed by atoms with Crippen molar-refractivity contribution < 1.29 is 39.6 Å². The normalized spacial score (nSPS) is 12.2. The lowest BCUT2D eigenvalue weighted by molar-refractivity contribution is -0.274. The smallest absolute Gasteiger partial charge is 0.406 e. The van der Waals surface area contributed by atoms with Crippen LogP contribution in [0.3, 0.4) is 0 Å². The summed E-state index contributed by atoms with van der Waals surface area (Å²) in [5, 5.41) is 8.66. The summed E-state index contributed by atoms with van der Waals surface area (Å²) >= 11 is 0. The molecule has 0 saturated carbocycles. The Balaban J connectivity index is 2.11. The quantitative estimate of drug-likeness (QED) is 0.581. The van der Waals surface area contributed by atoms with Crippen molar-refractivity contribution in [3.8, 4) is 28.1 Å². The minimum atomic E-state index is -4.88. The molecule has 3 rings (SSSR count). The number of nitrogens with two attached hydrogens (primary N) is 1. The number of hydrogen-bond acceptors (Lipinski definition) is 5. The number of nitrogens with zero attached hydrogens (tertiary/aromatic N) is 1. The van der Waals surface area contributed by atoms with Crippen molar-refractivity contribution in [2.45, 2.75) is 24.9 Å². The lowest BCUT2D eigenvalue weighted by atomic mass is 9.98. The number of hydrogen-bond donors (Lipinski definition) is 1. The summed E-state index contributed by atoms with van der Waals surface area (Å²) in [6.07, 6.45) is -4.88. The lowest BCUT2D eigenvalue weighted by Gasteiger charge is -2.12. The van der Waals surface area contributed by atoms with Crippen LogP contribution in [0, 0.1) is 12.7 Å². The fourth-order valence-corrected chi connectivity index (χ4v) is 3.42. The van der Waals surface area contributed by atoms with E-state index in [2.05, 4.69) is 9.89 Å². The molecule has 0 aliphatic carbocycles. The summed E-state index contributed by atoms with van der Waals surface area (Å²) in [5.74, 6) is -1.89. The van der Waals surface area contributed by atoms with Gasteiger partial charge in [0.05, 0.1) is 5.56 Å². The number of sulfonamides is 1. The van der Waals surface area contributed by atoms with Gasteiger partial charge in [-0.2, -0.15) is 0 Å². The van der Waals surface area contributed by atoms with Gasteiger partial charge in [-0.05, 0) is 48.4 Å². The van der Waals surface area contributed by atoms with Crippen molar-refractivity contribution in [2.75, 3.05) is 0 Å². The predicted octanol–water partition coefficient (Wildman–Crippen LogP) is 4.47. The maximum Gasteiger partial charge on any atom is 0.573 e. The first-order valence-corrected chi connectivity index (χ1v) is 9.69. The zero-order chi connectivity index (χ0) is 22.3. The van der Waals surface area contributed by atoms with Gasteiger partial charge in [-0.15, -0.1) is 13.2 Å². The van der Waals surface area contributed by atoms with Gasteiger partial charge in [-0.25, -0.2) is 22.3 Å². The number of primary sulfonamides is 1. The zero-order valence-electron chi connectivity index (χ0n) is 15.1. The van der Waals surface area contributed by atoms with Crippen LogP contribution in [0.2, 0.25) is 0 Å². The van der Waals surface area contributed by atoms with Gasteiger partial charge in [-0.1, -0.05) is 11.2 Å². The Hall–Kier alpha value is -2.99. The molecular weight excluding hydrogens is 435 g/mol. The molecule has 2 aromatic carbocycles. The molecule has 12 heteroatoms. The second-order valence-corrected chi connectivity index (χ2v) is 7.71. The minimum Gasteiger partial charge on any atom is -0.406 e. The average Bonchev–Trinajstić information content (AvgIpc) is 3.05.